The average Bonchev–Trinajstić information content (AvgIpc) is 2.69. The molecule has 1 aliphatic rings. The number of pyridine rings is 2. The summed E-state index contributed by atoms with van der Waals surface area (Å²) in [5.74, 6) is 0.721. The van der Waals surface area contributed by atoms with Crippen LogP contribution in [0.2, 0.25) is 18.1 Å². The first-order valence-electron chi connectivity index (χ1n) is 10.1. The molecular weight excluding hydrogens is 401 g/mol. The van der Waals surface area contributed by atoms with Gasteiger partial charge in [0.1, 0.15) is 11.6 Å². The van der Waals surface area contributed by atoms with Crippen molar-refractivity contribution in [2.24, 2.45) is 0 Å². The molecule has 2 aromatic heterocycles. The van der Waals surface area contributed by atoms with Crippen LogP contribution in [0, 0.1) is 5.95 Å². The fourth-order valence-electron chi connectivity index (χ4n) is 2.87. The Hall–Kier alpha value is -2.68. The quantitative estimate of drug-likeness (QED) is 0.576. The summed E-state index contributed by atoms with van der Waals surface area (Å²) in [6.45, 7) is 13.4. The van der Waals surface area contributed by atoms with Gasteiger partial charge < -0.3 is 14.2 Å². The van der Waals surface area contributed by atoms with Crippen LogP contribution in [-0.4, -0.2) is 55.4 Å². The van der Waals surface area contributed by atoms with Gasteiger partial charge in [0.2, 0.25) is 5.95 Å². The predicted molar refractivity (Wildman–Crippen MR) is 119 cm³/mol. The first-order chi connectivity index (χ1) is 14.0. The maximum Gasteiger partial charge on any atom is 0.323 e. The Balaban J connectivity index is 1.52. The summed E-state index contributed by atoms with van der Waals surface area (Å²) in [6, 6.07) is 6.48. The molecule has 1 aliphatic heterocycles. The molecule has 0 unspecified atom stereocenters. The van der Waals surface area contributed by atoms with Gasteiger partial charge in [-0.25, -0.2) is 14.8 Å². The van der Waals surface area contributed by atoms with Gasteiger partial charge in [0.25, 0.3) is 8.32 Å². The molecule has 1 N–H and O–H groups in total. The Morgan fingerprint density at radius 1 is 1.07 bits per heavy atom. The van der Waals surface area contributed by atoms with Crippen molar-refractivity contribution in [2.45, 2.75) is 38.9 Å². The lowest BCUT2D eigenvalue weighted by Gasteiger charge is -2.36. The van der Waals surface area contributed by atoms with Gasteiger partial charge in [-0.15, -0.1) is 0 Å². The van der Waals surface area contributed by atoms with Crippen molar-refractivity contribution < 1.29 is 13.6 Å². The average molecular weight is 432 g/mol. The minimum Gasteiger partial charge on any atom is -0.542 e. The van der Waals surface area contributed by atoms with Crippen LogP contribution in [-0.2, 0) is 0 Å². The van der Waals surface area contributed by atoms with E-state index in [9.17, 15) is 9.18 Å². The highest BCUT2D eigenvalue weighted by molar-refractivity contribution is 6.74. The Morgan fingerprint density at radius 2 is 1.77 bits per heavy atom. The zero-order valence-electron chi connectivity index (χ0n) is 18.3. The maximum atomic E-state index is 13.0. The number of hydrogen-bond donors (Lipinski definition) is 1. The predicted octanol–water partition coefficient (Wildman–Crippen LogP) is 4.35. The van der Waals surface area contributed by atoms with Gasteiger partial charge in [0.15, 0.2) is 0 Å². The number of halogens is 1. The number of nitrogens with zero attached hydrogens (tertiary/aromatic N) is 4. The molecule has 0 aromatic carbocycles. The summed E-state index contributed by atoms with van der Waals surface area (Å²) in [5, 5.41) is 2.95. The lowest BCUT2D eigenvalue weighted by atomic mass is 10.2. The van der Waals surface area contributed by atoms with Crippen molar-refractivity contribution in [3.05, 3.63) is 42.6 Å². The van der Waals surface area contributed by atoms with E-state index in [1.54, 1.807) is 23.2 Å². The Kier molecular flexibility index (Phi) is 6.30. The molecule has 0 atom stereocenters. The third-order valence-electron chi connectivity index (χ3n) is 5.79. The third-order valence-corrected chi connectivity index (χ3v) is 10.2. The molecule has 7 nitrogen and oxygen atoms in total. The third kappa shape index (κ3) is 5.27. The van der Waals surface area contributed by atoms with E-state index < -0.39 is 14.3 Å². The summed E-state index contributed by atoms with van der Waals surface area (Å²) >= 11 is 0. The normalized spacial score (nSPS) is 15.1. The van der Waals surface area contributed by atoms with Gasteiger partial charge in [0, 0.05) is 26.2 Å². The Labute approximate surface area is 178 Å². The van der Waals surface area contributed by atoms with Gasteiger partial charge >= 0.3 is 6.03 Å². The first kappa shape index (κ1) is 22.0. The van der Waals surface area contributed by atoms with Gasteiger partial charge in [-0.1, -0.05) is 20.8 Å². The number of hydrogen-bond acceptors (Lipinski definition) is 5. The molecule has 2 aromatic rings. The molecule has 1 fully saturated rings. The van der Waals surface area contributed by atoms with Crippen molar-refractivity contribution in [1.82, 2.24) is 14.9 Å². The molecule has 9 heteroatoms. The minimum atomic E-state index is -1.93. The molecule has 0 radical (unpaired) electrons. The van der Waals surface area contributed by atoms with Crippen LogP contribution in [0.4, 0.5) is 20.7 Å². The number of urea groups is 1. The van der Waals surface area contributed by atoms with Gasteiger partial charge in [-0.05, 0) is 42.4 Å². The molecule has 3 heterocycles. The van der Waals surface area contributed by atoms with Crippen LogP contribution < -0.4 is 14.6 Å². The lowest BCUT2D eigenvalue weighted by molar-refractivity contribution is 0.208. The van der Waals surface area contributed by atoms with Gasteiger partial charge in [-0.3, -0.25) is 5.32 Å². The van der Waals surface area contributed by atoms with E-state index in [0.29, 0.717) is 32.0 Å². The van der Waals surface area contributed by atoms with Crippen LogP contribution in [0.5, 0.6) is 5.75 Å². The number of carbonyl (C=O) groups is 1. The van der Waals surface area contributed by atoms with Crippen molar-refractivity contribution >= 4 is 25.9 Å². The van der Waals surface area contributed by atoms with Crippen LogP contribution in [0.15, 0.2) is 36.7 Å². The second-order valence-corrected chi connectivity index (χ2v) is 13.7. The minimum absolute atomic E-state index is 0.103. The molecule has 0 saturated carbocycles. The Morgan fingerprint density at radius 3 is 2.30 bits per heavy atom. The standard InChI is InChI=1S/C21H30FN5O2Si/c1-21(2,3)30(4,5)29-17-7-9-19(24-15-17)25-20(28)27-12-10-26(11-13-27)16-6-8-18(22)23-14-16/h6-9,14-15H,10-13H2,1-5H3,(H,24,25,28). The molecule has 0 spiro atoms. The molecular formula is C21H30FN5O2Si. The number of piperazine rings is 1. The van der Waals surface area contributed by atoms with E-state index in [0.717, 1.165) is 11.4 Å². The zero-order valence-corrected chi connectivity index (χ0v) is 19.3. The number of carbonyl (C=O) groups excluding carboxylic acids is 1. The number of amides is 2. The summed E-state index contributed by atoms with van der Waals surface area (Å²) in [6.07, 6.45) is 3.18. The lowest BCUT2D eigenvalue weighted by Crippen LogP contribution is -2.50. The van der Waals surface area contributed by atoms with E-state index in [-0.39, 0.29) is 11.1 Å². The monoisotopic (exact) mass is 431 g/mol. The maximum absolute atomic E-state index is 13.0. The van der Waals surface area contributed by atoms with Crippen molar-refractivity contribution in [2.75, 3.05) is 36.4 Å². The highest BCUT2D eigenvalue weighted by Crippen LogP contribution is 2.37. The van der Waals surface area contributed by atoms with Gasteiger partial charge in [-0.2, -0.15) is 4.39 Å². The van der Waals surface area contributed by atoms with Crippen molar-refractivity contribution in [3.63, 3.8) is 0 Å². The fraction of sp³-hybridized carbons (Fsp3) is 0.476. The van der Waals surface area contributed by atoms with Crippen molar-refractivity contribution in [3.8, 4) is 5.75 Å². The molecule has 0 bridgehead atoms. The van der Waals surface area contributed by atoms with E-state index >= 15 is 0 Å². The summed E-state index contributed by atoms with van der Waals surface area (Å²) in [5.41, 5.74) is 0.857. The smallest absolute Gasteiger partial charge is 0.323 e. The van der Waals surface area contributed by atoms with E-state index in [1.165, 1.54) is 12.3 Å². The van der Waals surface area contributed by atoms with E-state index in [4.69, 9.17) is 4.43 Å². The number of aromatic nitrogens is 2. The van der Waals surface area contributed by atoms with Crippen LogP contribution >= 0.6 is 0 Å². The summed E-state index contributed by atoms with van der Waals surface area (Å²) < 4.78 is 19.2. The van der Waals surface area contributed by atoms with E-state index in [1.807, 2.05) is 6.07 Å². The molecule has 0 aliphatic carbocycles. The van der Waals surface area contributed by atoms with Crippen LogP contribution in [0.25, 0.3) is 0 Å². The molecule has 3 rings (SSSR count). The molecule has 162 valence electrons. The Bertz CT molecular complexity index is 860. The van der Waals surface area contributed by atoms with Crippen molar-refractivity contribution in [1.29, 1.82) is 0 Å². The number of anilines is 2. The SMILES string of the molecule is CC(C)(C)[Si](C)(C)Oc1ccc(NC(=O)N2CCN(c3ccc(F)nc3)CC2)nc1. The van der Waals surface area contributed by atoms with Crippen LogP contribution in [0.3, 0.4) is 0 Å². The molecule has 2 amide bonds. The highest BCUT2D eigenvalue weighted by Gasteiger charge is 2.39. The zero-order chi connectivity index (χ0) is 21.9. The molecule has 1 saturated heterocycles. The molecule has 30 heavy (non-hydrogen) atoms. The second kappa shape index (κ2) is 8.59. The fourth-order valence-corrected chi connectivity index (χ4v) is 3.89. The highest BCUT2D eigenvalue weighted by atomic mass is 28.4. The summed E-state index contributed by atoms with van der Waals surface area (Å²) in [7, 11) is -1.93. The largest absolute Gasteiger partial charge is 0.542 e. The summed E-state index contributed by atoms with van der Waals surface area (Å²) in [4.78, 5) is 24.4. The van der Waals surface area contributed by atoms with Crippen LogP contribution in [0.1, 0.15) is 20.8 Å². The first-order valence-corrected chi connectivity index (χ1v) is 13.0. The van der Waals surface area contributed by atoms with E-state index in [2.05, 4.69) is 54.0 Å². The second-order valence-electron chi connectivity index (χ2n) is 8.98. The number of rotatable bonds is 4. The topological polar surface area (TPSA) is 70.6 Å². The van der Waals surface area contributed by atoms with Gasteiger partial charge in [0.05, 0.1) is 18.1 Å². The number of nitrogens with one attached hydrogen (secondary N) is 1.